The van der Waals surface area contributed by atoms with Crippen LogP contribution in [0.5, 0.6) is 0 Å². The molecule has 0 radical (unpaired) electrons. The highest BCUT2D eigenvalue weighted by Gasteiger charge is 2.17. The third kappa shape index (κ3) is 5.17. The zero-order valence-electron chi connectivity index (χ0n) is 20.2. The maximum absolute atomic E-state index is 13.2. The smallest absolute Gasteiger partial charge is 0.279 e. The van der Waals surface area contributed by atoms with Crippen molar-refractivity contribution in [3.63, 3.8) is 0 Å². The topological polar surface area (TPSA) is 139 Å². The van der Waals surface area contributed by atoms with Gasteiger partial charge in [-0.05, 0) is 37.6 Å². The van der Waals surface area contributed by atoms with Gasteiger partial charge in [0, 0.05) is 45.1 Å². The van der Waals surface area contributed by atoms with Gasteiger partial charge in [-0.25, -0.2) is 9.97 Å². The van der Waals surface area contributed by atoms with Crippen LogP contribution in [-0.4, -0.2) is 68.6 Å². The van der Waals surface area contributed by atoms with Crippen LogP contribution in [0.1, 0.15) is 22.5 Å². The molecule has 4 heterocycles. The number of pyridine rings is 2. The molecule has 12 heteroatoms. The summed E-state index contributed by atoms with van der Waals surface area (Å²) in [6.45, 7) is 2.78. The molecule has 0 unspecified atom stereocenters. The van der Waals surface area contributed by atoms with Crippen molar-refractivity contribution in [2.75, 3.05) is 37.8 Å². The van der Waals surface area contributed by atoms with Gasteiger partial charge in [0.2, 0.25) is 6.41 Å². The summed E-state index contributed by atoms with van der Waals surface area (Å²) in [6, 6.07) is 10.5. The van der Waals surface area contributed by atoms with Crippen molar-refractivity contribution in [1.29, 1.82) is 0 Å². The first-order valence-electron chi connectivity index (χ1n) is 11.3. The van der Waals surface area contributed by atoms with Crippen molar-refractivity contribution in [3.8, 4) is 5.82 Å². The van der Waals surface area contributed by atoms with Gasteiger partial charge in [-0.2, -0.15) is 9.61 Å². The van der Waals surface area contributed by atoms with Crippen LogP contribution in [0.15, 0.2) is 53.6 Å². The second-order valence-corrected chi connectivity index (χ2v) is 8.12. The summed E-state index contributed by atoms with van der Waals surface area (Å²) in [5, 5.41) is 13.2. The molecule has 0 spiro atoms. The minimum absolute atomic E-state index is 0.285. The van der Waals surface area contributed by atoms with Crippen LogP contribution in [0.3, 0.4) is 0 Å². The summed E-state index contributed by atoms with van der Waals surface area (Å²) in [4.78, 5) is 47.1. The van der Waals surface area contributed by atoms with Gasteiger partial charge >= 0.3 is 0 Å². The largest absolute Gasteiger partial charge is 0.373 e. The van der Waals surface area contributed by atoms with Gasteiger partial charge in [0.1, 0.15) is 28.7 Å². The molecule has 0 fully saturated rings. The summed E-state index contributed by atoms with van der Waals surface area (Å²) < 4.78 is 2.97. The first kappa shape index (κ1) is 24.4. The monoisotopic (exact) mass is 489 g/mol. The van der Waals surface area contributed by atoms with Crippen LogP contribution in [0.25, 0.3) is 11.5 Å². The molecule has 0 saturated carbocycles. The van der Waals surface area contributed by atoms with Crippen LogP contribution in [0.4, 0.5) is 17.3 Å². The average Bonchev–Trinajstić information content (AvgIpc) is 3.31. The number of carbonyl (C=O) groups is 2. The molecular weight excluding hydrogens is 462 g/mol. The van der Waals surface area contributed by atoms with Crippen LogP contribution in [0, 0.1) is 6.92 Å². The zero-order chi connectivity index (χ0) is 25.7. The van der Waals surface area contributed by atoms with Crippen molar-refractivity contribution in [1.82, 2.24) is 34.4 Å². The van der Waals surface area contributed by atoms with E-state index in [0.29, 0.717) is 48.3 Å². The Morgan fingerprint density at radius 3 is 2.78 bits per heavy atom. The van der Waals surface area contributed by atoms with E-state index < -0.39 is 0 Å². The zero-order valence-corrected chi connectivity index (χ0v) is 20.2. The molecule has 0 aliphatic carbocycles. The van der Waals surface area contributed by atoms with E-state index in [0.717, 1.165) is 12.1 Å². The SMILES string of the molecule is CNc1cc(Nc2cccn(-c3cccc(C)n3)c2=O)nc2c(C(=O)NCCCN(C)C=O)cnn12. The number of aromatic nitrogens is 5. The molecule has 12 nitrogen and oxygen atoms in total. The van der Waals surface area contributed by atoms with Gasteiger partial charge in [-0.3, -0.25) is 19.0 Å². The lowest BCUT2D eigenvalue weighted by Crippen LogP contribution is -2.27. The summed E-state index contributed by atoms with van der Waals surface area (Å²) in [7, 11) is 3.40. The molecule has 0 saturated heterocycles. The molecule has 0 aromatic carbocycles. The van der Waals surface area contributed by atoms with Gasteiger partial charge < -0.3 is 20.9 Å². The van der Waals surface area contributed by atoms with Crippen molar-refractivity contribution < 1.29 is 9.59 Å². The second kappa shape index (κ2) is 10.7. The normalized spacial score (nSPS) is 10.8. The third-order valence-electron chi connectivity index (χ3n) is 5.46. The fraction of sp³-hybridized carbons (Fsp3) is 0.250. The summed E-state index contributed by atoms with van der Waals surface area (Å²) in [5.74, 6) is 1.11. The summed E-state index contributed by atoms with van der Waals surface area (Å²) in [6.07, 6.45) is 4.44. The molecule has 36 heavy (non-hydrogen) atoms. The highest BCUT2D eigenvalue weighted by atomic mass is 16.2. The molecule has 0 aliphatic rings. The quantitative estimate of drug-likeness (QED) is 0.225. The molecule has 2 amide bonds. The molecule has 4 aromatic rings. The Morgan fingerprint density at radius 1 is 1.19 bits per heavy atom. The lowest BCUT2D eigenvalue weighted by Gasteiger charge is -2.12. The predicted octanol–water partition coefficient (Wildman–Crippen LogP) is 1.58. The molecule has 0 atom stereocenters. The Labute approximate surface area is 207 Å². The van der Waals surface area contributed by atoms with E-state index >= 15 is 0 Å². The number of carbonyl (C=O) groups excluding carboxylic acids is 2. The van der Waals surface area contributed by atoms with Gasteiger partial charge in [0.25, 0.3) is 11.5 Å². The van der Waals surface area contributed by atoms with E-state index in [-0.39, 0.29) is 17.0 Å². The number of aryl methyl sites for hydroxylation is 1. The Kier molecular flexibility index (Phi) is 7.23. The van der Waals surface area contributed by atoms with Crippen molar-refractivity contribution >= 4 is 35.3 Å². The van der Waals surface area contributed by atoms with Crippen LogP contribution < -0.4 is 21.5 Å². The van der Waals surface area contributed by atoms with Crippen molar-refractivity contribution in [2.24, 2.45) is 0 Å². The number of rotatable bonds is 10. The van der Waals surface area contributed by atoms with E-state index in [2.05, 4.69) is 31.0 Å². The number of hydrogen-bond donors (Lipinski definition) is 3. The number of amides is 2. The minimum Gasteiger partial charge on any atom is -0.373 e. The standard InChI is InChI=1S/C24H27N9O3/c1-16-7-4-9-20(28-16)32-12-5-8-18(24(32)36)29-19-13-21(25-2)33-22(30-19)17(14-27-33)23(35)26-10-6-11-31(3)15-34/h4-5,7-9,12-15,25H,6,10-11H2,1-3H3,(H,26,35)(H,29,30). The Hall–Kier alpha value is -4.74. The average molecular weight is 490 g/mol. The first-order valence-corrected chi connectivity index (χ1v) is 11.3. The third-order valence-corrected chi connectivity index (χ3v) is 5.46. The second-order valence-electron chi connectivity index (χ2n) is 8.12. The fourth-order valence-electron chi connectivity index (χ4n) is 3.61. The van der Waals surface area contributed by atoms with Crippen LogP contribution >= 0.6 is 0 Å². The van der Waals surface area contributed by atoms with Crippen molar-refractivity contribution in [2.45, 2.75) is 13.3 Å². The lowest BCUT2D eigenvalue weighted by molar-refractivity contribution is -0.117. The van der Waals surface area contributed by atoms with Crippen molar-refractivity contribution in [3.05, 3.63) is 70.4 Å². The maximum Gasteiger partial charge on any atom is 0.279 e. The molecule has 186 valence electrons. The number of nitrogens with zero attached hydrogens (tertiary/aromatic N) is 6. The fourth-order valence-corrected chi connectivity index (χ4v) is 3.61. The van der Waals surface area contributed by atoms with Gasteiger partial charge in [0.15, 0.2) is 5.65 Å². The van der Waals surface area contributed by atoms with Gasteiger partial charge in [-0.1, -0.05) is 6.07 Å². The highest BCUT2D eigenvalue weighted by Crippen LogP contribution is 2.21. The summed E-state index contributed by atoms with van der Waals surface area (Å²) >= 11 is 0. The molecule has 4 rings (SSSR count). The molecule has 0 bridgehead atoms. The highest BCUT2D eigenvalue weighted by molar-refractivity contribution is 6.00. The van der Waals surface area contributed by atoms with E-state index in [4.69, 9.17) is 0 Å². The molecular formula is C24H27N9O3. The van der Waals surface area contributed by atoms with Crippen LogP contribution in [-0.2, 0) is 4.79 Å². The lowest BCUT2D eigenvalue weighted by atomic mass is 10.3. The molecule has 0 aliphatic heterocycles. The van der Waals surface area contributed by atoms with E-state index in [1.807, 2.05) is 19.1 Å². The summed E-state index contributed by atoms with van der Waals surface area (Å²) in [5.41, 5.74) is 1.40. The number of nitrogens with one attached hydrogen (secondary N) is 3. The molecule has 4 aromatic heterocycles. The van der Waals surface area contributed by atoms with E-state index in [9.17, 15) is 14.4 Å². The van der Waals surface area contributed by atoms with Gasteiger partial charge in [-0.15, -0.1) is 0 Å². The molecule has 3 N–H and O–H groups in total. The Balaban J connectivity index is 1.61. The number of hydrogen-bond acceptors (Lipinski definition) is 8. The Morgan fingerprint density at radius 2 is 2.03 bits per heavy atom. The van der Waals surface area contributed by atoms with E-state index in [1.165, 1.54) is 20.2 Å². The minimum atomic E-state index is -0.335. The number of fused-ring (bicyclic) bond motifs is 1. The first-order chi connectivity index (χ1) is 17.4. The van der Waals surface area contributed by atoms with Gasteiger partial charge in [0.05, 0.1) is 6.20 Å². The maximum atomic E-state index is 13.2. The van der Waals surface area contributed by atoms with E-state index in [1.54, 1.807) is 44.6 Å². The predicted molar refractivity (Wildman–Crippen MR) is 136 cm³/mol. The van der Waals surface area contributed by atoms with Crippen LogP contribution in [0.2, 0.25) is 0 Å². The number of anilines is 3. The Bertz CT molecular complexity index is 1460.